The predicted octanol–water partition coefficient (Wildman–Crippen LogP) is 2.12. The molecule has 0 N–H and O–H groups in total. The van der Waals surface area contributed by atoms with Crippen molar-refractivity contribution < 1.29 is 9.13 Å². The van der Waals surface area contributed by atoms with Crippen LogP contribution in [-0.2, 0) is 13.7 Å². The van der Waals surface area contributed by atoms with Crippen LogP contribution in [0.4, 0.5) is 4.39 Å². The van der Waals surface area contributed by atoms with Crippen molar-refractivity contribution in [3.8, 4) is 17.6 Å². The molecule has 0 atom stereocenters. The standard InChI is InChI=1S/C13H11ClFN3O/c1-18-13(16-9-17-18)8-19-11-5-4-10(3-2-6-14)12(15)7-11/h4-5,7,9H,6,8H2,1H3. The Balaban J connectivity index is 2.06. The Hall–Kier alpha value is -2.06. The molecule has 6 heteroatoms. The summed E-state index contributed by atoms with van der Waals surface area (Å²) in [5, 5.41) is 3.92. The van der Waals surface area contributed by atoms with Gasteiger partial charge >= 0.3 is 0 Å². The van der Waals surface area contributed by atoms with Crippen LogP contribution in [0.25, 0.3) is 0 Å². The van der Waals surface area contributed by atoms with Gasteiger partial charge in [0, 0.05) is 13.1 Å². The predicted molar refractivity (Wildman–Crippen MR) is 69.3 cm³/mol. The second kappa shape index (κ2) is 6.21. The van der Waals surface area contributed by atoms with Gasteiger partial charge in [0.15, 0.2) is 5.82 Å². The van der Waals surface area contributed by atoms with Gasteiger partial charge in [-0.1, -0.05) is 11.8 Å². The molecule has 1 aromatic carbocycles. The summed E-state index contributed by atoms with van der Waals surface area (Å²) in [7, 11) is 1.76. The third-order valence-electron chi connectivity index (χ3n) is 2.40. The molecule has 0 amide bonds. The summed E-state index contributed by atoms with van der Waals surface area (Å²) in [6.07, 6.45) is 1.43. The Kier molecular flexibility index (Phi) is 4.37. The van der Waals surface area contributed by atoms with Crippen LogP contribution >= 0.6 is 11.6 Å². The number of ether oxygens (including phenoxy) is 1. The van der Waals surface area contributed by atoms with Crippen LogP contribution in [0, 0.1) is 17.7 Å². The lowest BCUT2D eigenvalue weighted by Crippen LogP contribution is -2.04. The van der Waals surface area contributed by atoms with E-state index in [0.717, 1.165) is 0 Å². The lowest BCUT2D eigenvalue weighted by Gasteiger charge is -2.06. The molecule has 0 fully saturated rings. The Morgan fingerprint density at radius 3 is 2.95 bits per heavy atom. The van der Waals surface area contributed by atoms with Crippen molar-refractivity contribution in [3.63, 3.8) is 0 Å². The molecule has 19 heavy (non-hydrogen) atoms. The fourth-order valence-electron chi connectivity index (χ4n) is 1.41. The van der Waals surface area contributed by atoms with E-state index in [1.54, 1.807) is 23.9 Å². The van der Waals surface area contributed by atoms with Gasteiger partial charge in [-0.15, -0.1) is 11.6 Å². The molecule has 0 saturated carbocycles. The maximum absolute atomic E-state index is 13.7. The van der Waals surface area contributed by atoms with Crippen molar-refractivity contribution in [2.75, 3.05) is 5.88 Å². The van der Waals surface area contributed by atoms with Gasteiger partial charge in [-0.3, -0.25) is 4.68 Å². The quantitative estimate of drug-likeness (QED) is 0.638. The van der Waals surface area contributed by atoms with E-state index in [4.69, 9.17) is 16.3 Å². The molecule has 1 heterocycles. The number of aromatic nitrogens is 3. The topological polar surface area (TPSA) is 39.9 Å². The molecule has 2 aromatic rings. The van der Waals surface area contributed by atoms with Gasteiger partial charge in [0.25, 0.3) is 0 Å². The van der Waals surface area contributed by atoms with Gasteiger partial charge in [0.1, 0.15) is 24.5 Å². The highest BCUT2D eigenvalue weighted by Gasteiger charge is 2.05. The van der Waals surface area contributed by atoms with Crippen molar-refractivity contribution >= 4 is 11.6 Å². The molecule has 2 rings (SSSR count). The largest absolute Gasteiger partial charge is 0.486 e. The lowest BCUT2D eigenvalue weighted by molar-refractivity contribution is 0.288. The van der Waals surface area contributed by atoms with Crippen LogP contribution in [0.5, 0.6) is 5.75 Å². The van der Waals surface area contributed by atoms with Gasteiger partial charge < -0.3 is 4.74 Å². The number of hydrogen-bond donors (Lipinski definition) is 0. The SMILES string of the molecule is Cn1ncnc1COc1ccc(C#CCCl)c(F)c1. The Bertz CT molecular complexity index is 630. The number of hydrogen-bond acceptors (Lipinski definition) is 3. The second-order valence-corrected chi connectivity index (χ2v) is 3.93. The third kappa shape index (κ3) is 3.46. The number of alkyl halides is 1. The zero-order chi connectivity index (χ0) is 13.7. The summed E-state index contributed by atoms with van der Waals surface area (Å²) in [6.45, 7) is 0.225. The molecule has 1 aromatic heterocycles. The van der Waals surface area contributed by atoms with Gasteiger partial charge in [-0.05, 0) is 12.1 Å². The van der Waals surface area contributed by atoms with Gasteiger partial charge in [0.05, 0.1) is 11.4 Å². The minimum absolute atomic E-state index is 0.170. The van der Waals surface area contributed by atoms with E-state index in [-0.39, 0.29) is 12.5 Å². The van der Waals surface area contributed by atoms with Crippen LogP contribution in [0.1, 0.15) is 11.4 Å². The first-order chi connectivity index (χ1) is 9.20. The minimum atomic E-state index is -0.437. The van der Waals surface area contributed by atoms with Gasteiger partial charge in [-0.25, -0.2) is 9.37 Å². The highest BCUT2D eigenvalue weighted by Crippen LogP contribution is 2.17. The summed E-state index contributed by atoms with van der Waals surface area (Å²) in [4.78, 5) is 4.01. The van der Waals surface area contributed by atoms with Crippen LogP contribution in [0.2, 0.25) is 0 Å². The number of aryl methyl sites for hydroxylation is 1. The lowest BCUT2D eigenvalue weighted by atomic mass is 10.2. The van der Waals surface area contributed by atoms with E-state index in [0.29, 0.717) is 17.1 Å². The van der Waals surface area contributed by atoms with E-state index >= 15 is 0 Å². The van der Waals surface area contributed by atoms with E-state index in [9.17, 15) is 4.39 Å². The molecule has 0 bridgehead atoms. The van der Waals surface area contributed by atoms with E-state index in [1.165, 1.54) is 12.4 Å². The van der Waals surface area contributed by atoms with Gasteiger partial charge in [0.2, 0.25) is 0 Å². The molecule has 0 saturated heterocycles. The Labute approximate surface area is 115 Å². The van der Waals surface area contributed by atoms with E-state index < -0.39 is 5.82 Å². The van der Waals surface area contributed by atoms with Crippen molar-refractivity contribution in [2.45, 2.75) is 6.61 Å². The second-order valence-electron chi connectivity index (χ2n) is 3.67. The maximum atomic E-state index is 13.7. The van der Waals surface area contributed by atoms with E-state index in [2.05, 4.69) is 21.9 Å². The number of benzene rings is 1. The first-order valence-electron chi connectivity index (χ1n) is 5.51. The highest BCUT2D eigenvalue weighted by molar-refractivity contribution is 6.19. The van der Waals surface area contributed by atoms with Crippen molar-refractivity contribution in [3.05, 3.63) is 41.7 Å². The summed E-state index contributed by atoms with van der Waals surface area (Å²) < 4.78 is 20.7. The molecule has 98 valence electrons. The maximum Gasteiger partial charge on any atom is 0.164 e. The highest BCUT2D eigenvalue weighted by atomic mass is 35.5. The zero-order valence-electron chi connectivity index (χ0n) is 10.2. The monoisotopic (exact) mass is 279 g/mol. The molecular weight excluding hydrogens is 269 g/mol. The fourth-order valence-corrected chi connectivity index (χ4v) is 1.48. The van der Waals surface area contributed by atoms with Crippen LogP contribution in [0.3, 0.4) is 0 Å². The minimum Gasteiger partial charge on any atom is -0.486 e. The summed E-state index contributed by atoms with van der Waals surface area (Å²) in [5.74, 6) is 6.04. The Morgan fingerprint density at radius 2 is 2.32 bits per heavy atom. The third-order valence-corrected chi connectivity index (χ3v) is 2.54. The van der Waals surface area contributed by atoms with Crippen LogP contribution in [0.15, 0.2) is 24.5 Å². The van der Waals surface area contributed by atoms with Crippen LogP contribution in [-0.4, -0.2) is 20.6 Å². The van der Waals surface area contributed by atoms with Crippen molar-refractivity contribution in [1.29, 1.82) is 0 Å². The summed E-state index contributed by atoms with van der Waals surface area (Å²) in [5.41, 5.74) is 0.298. The normalized spacial score (nSPS) is 9.84. The average Bonchev–Trinajstić information content (AvgIpc) is 2.81. The van der Waals surface area contributed by atoms with Gasteiger partial charge in [-0.2, -0.15) is 5.10 Å². The molecule has 0 spiro atoms. The van der Waals surface area contributed by atoms with Crippen molar-refractivity contribution in [2.24, 2.45) is 7.05 Å². The zero-order valence-corrected chi connectivity index (χ0v) is 11.0. The molecule has 0 unspecified atom stereocenters. The first kappa shape index (κ1) is 13.4. The Morgan fingerprint density at radius 1 is 1.47 bits per heavy atom. The summed E-state index contributed by atoms with van der Waals surface area (Å²) in [6, 6.07) is 4.49. The number of rotatable bonds is 3. The first-order valence-corrected chi connectivity index (χ1v) is 6.04. The molecule has 0 aliphatic rings. The number of nitrogens with zero attached hydrogens (tertiary/aromatic N) is 3. The van der Waals surface area contributed by atoms with Crippen molar-refractivity contribution in [1.82, 2.24) is 14.8 Å². The smallest absolute Gasteiger partial charge is 0.164 e. The molecular formula is C13H11ClFN3O. The number of halogens is 2. The summed E-state index contributed by atoms with van der Waals surface area (Å²) >= 11 is 5.42. The average molecular weight is 280 g/mol. The molecule has 0 aliphatic carbocycles. The molecule has 4 nitrogen and oxygen atoms in total. The van der Waals surface area contributed by atoms with E-state index in [1.807, 2.05) is 0 Å². The fraction of sp³-hybridized carbons (Fsp3) is 0.231. The molecule has 0 aliphatic heterocycles. The molecule has 0 radical (unpaired) electrons. The van der Waals surface area contributed by atoms with Crippen LogP contribution < -0.4 is 4.74 Å².